The lowest BCUT2D eigenvalue weighted by molar-refractivity contribution is 0.0813. The maximum Gasteiger partial charge on any atom is 0.317 e. The van der Waals surface area contributed by atoms with Gasteiger partial charge in [0.1, 0.15) is 16.7 Å². The molecule has 0 aromatic heterocycles. The van der Waals surface area contributed by atoms with E-state index >= 15 is 0 Å². The molecule has 0 bridgehead atoms. The number of benzene rings is 2. The summed E-state index contributed by atoms with van der Waals surface area (Å²) in [6.45, 7) is 8.32. The van der Waals surface area contributed by atoms with E-state index in [1.54, 1.807) is 37.1 Å². The zero-order valence-electron chi connectivity index (χ0n) is 21.2. The molecule has 0 saturated heterocycles. The van der Waals surface area contributed by atoms with Gasteiger partial charge in [0.05, 0.1) is 13.2 Å². The van der Waals surface area contributed by atoms with E-state index in [1.165, 1.54) is 4.31 Å². The zero-order valence-corrected chi connectivity index (χ0v) is 22.0. The second-order valence-corrected chi connectivity index (χ2v) is 11.2. The van der Waals surface area contributed by atoms with Crippen LogP contribution in [0.3, 0.4) is 0 Å². The Morgan fingerprint density at radius 3 is 2.51 bits per heavy atom. The summed E-state index contributed by atoms with van der Waals surface area (Å²) >= 11 is 0. The first kappa shape index (κ1) is 27.0. The first-order chi connectivity index (χ1) is 16.6. The average molecular weight is 504 g/mol. The summed E-state index contributed by atoms with van der Waals surface area (Å²) < 4.78 is 35.0. The van der Waals surface area contributed by atoms with Crippen LogP contribution in [-0.4, -0.2) is 74.2 Å². The lowest BCUT2D eigenvalue weighted by Gasteiger charge is -2.37. The van der Waals surface area contributed by atoms with Crippen LogP contribution in [0.4, 0.5) is 4.79 Å². The number of carbonyl (C=O) groups excluding carboxylic acids is 1. The Balaban J connectivity index is 2.05. The van der Waals surface area contributed by atoms with Crippen molar-refractivity contribution in [2.24, 2.45) is 5.92 Å². The maximum atomic E-state index is 13.6. The molecule has 192 valence electrons. The quantitative estimate of drug-likeness (QED) is 0.603. The number of nitrogens with zero attached hydrogens (tertiary/aromatic N) is 2. The van der Waals surface area contributed by atoms with Crippen molar-refractivity contribution in [2.75, 3.05) is 33.3 Å². The van der Waals surface area contributed by atoms with Crippen LogP contribution < -0.4 is 10.1 Å². The molecule has 2 amide bonds. The molecule has 0 spiro atoms. The predicted molar refractivity (Wildman–Crippen MR) is 137 cm³/mol. The first-order valence-corrected chi connectivity index (χ1v) is 13.5. The molecule has 0 radical (unpaired) electrons. The Morgan fingerprint density at radius 1 is 1.23 bits per heavy atom. The Kier molecular flexibility index (Phi) is 8.79. The van der Waals surface area contributed by atoms with Gasteiger partial charge >= 0.3 is 6.03 Å². The van der Waals surface area contributed by atoms with Gasteiger partial charge in [0.25, 0.3) is 0 Å². The zero-order chi connectivity index (χ0) is 25.8. The van der Waals surface area contributed by atoms with Gasteiger partial charge in [-0.15, -0.1) is 0 Å². The molecule has 8 nitrogen and oxygen atoms in total. The SMILES string of the molecule is CCCNC(=O)N(C)C[C@H]1Oc2cc(-c3ccc(C)cc3)ccc2S(=O)(=O)N([C@@H](C)CO)C[C@H]1C. The lowest BCUT2D eigenvalue weighted by Crippen LogP contribution is -2.51. The predicted octanol–water partition coefficient (Wildman–Crippen LogP) is 3.48. The highest BCUT2D eigenvalue weighted by Crippen LogP contribution is 2.36. The van der Waals surface area contributed by atoms with Crippen molar-refractivity contribution in [1.82, 2.24) is 14.5 Å². The van der Waals surface area contributed by atoms with Crippen molar-refractivity contribution in [2.45, 2.75) is 51.2 Å². The molecule has 1 aliphatic heterocycles. The number of sulfonamides is 1. The van der Waals surface area contributed by atoms with Gasteiger partial charge in [-0.25, -0.2) is 13.2 Å². The fourth-order valence-electron chi connectivity index (χ4n) is 4.09. The molecule has 2 aromatic carbocycles. The van der Waals surface area contributed by atoms with Crippen LogP contribution in [-0.2, 0) is 10.0 Å². The monoisotopic (exact) mass is 503 g/mol. The van der Waals surface area contributed by atoms with E-state index in [2.05, 4.69) is 5.32 Å². The van der Waals surface area contributed by atoms with E-state index in [0.717, 1.165) is 23.1 Å². The fraction of sp³-hybridized carbons (Fsp3) is 0.500. The molecule has 3 atom stereocenters. The number of aliphatic hydroxyl groups is 1. The number of carbonyl (C=O) groups is 1. The van der Waals surface area contributed by atoms with Crippen molar-refractivity contribution in [3.8, 4) is 16.9 Å². The third-order valence-electron chi connectivity index (χ3n) is 6.38. The molecule has 2 N–H and O–H groups in total. The van der Waals surface area contributed by atoms with E-state index < -0.39 is 22.2 Å². The number of aryl methyl sites for hydroxylation is 1. The minimum Gasteiger partial charge on any atom is -0.487 e. The molecule has 1 aliphatic rings. The van der Waals surface area contributed by atoms with E-state index in [9.17, 15) is 18.3 Å². The number of aliphatic hydroxyl groups excluding tert-OH is 1. The van der Waals surface area contributed by atoms with Gasteiger partial charge in [-0.3, -0.25) is 0 Å². The average Bonchev–Trinajstić information content (AvgIpc) is 2.84. The molecule has 0 unspecified atom stereocenters. The molecule has 0 aliphatic carbocycles. The van der Waals surface area contributed by atoms with E-state index in [4.69, 9.17) is 4.74 Å². The van der Waals surface area contributed by atoms with Crippen molar-refractivity contribution >= 4 is 16.1 Å². The normalized spacial score (nSPS) is 20.6. The van der Waals surface area contributed by atoms with Gasteiger partial charge in [0.15, 0.2) is 0 Å². The minimum absolute atomic E-state index is 0.0589. The smallest absolute Gasteiger partial charge is 0.317 e. The van der Waals surface area contributed by atoms with Gasteiger partial charge in [0, 0.05) is 32.1 Å². The molecule has 2 aromatic rings. The number of hydrogen-bond donors (Lipinski definition) is 2. The van der Waals surface area contributed by atoms with Crippen LogP contribution in [0.2, 0.25) is 0 Å². The molecular weight excluding hydrogens is 466 g/mol. The van der Waals surface area contributed by atoms with Gasteiger partial charge in [-0.2, -0.15) is 4.31 Å². The minimum atomic E-state index is -3.92. The van der Waals surface area contributed by atoms with Crippen LogP contribution in [0, 0.1) is 12.8 Å². The topological polar surface area (TPSA) is 99.2 Å². The number of likely N-dealkylation sites (N-methyl/N-ethyl adjacent to an activating group) is 1. The summed E-state index contributed by atoms with van der Waals surface area (Å²) in [6, 6.07) is 12.3. The second-order valence-electron chi connectivity index (χ2n) is 9.38. The molecule has 0 saturated carbocycles. The summed E-state index contributed by atoms with van der Waals surface area (Å²) in [5.41, 5.74) is 2.91. The van der Waals surface area contributed by atoms with Gasteiger partial charge < -0.3 is 20.1 Å². The summed E-state index contributed by atoms with van der Waals surface area (Å²) in [4.78, 5) is 14.1. The third kappa shape index (κ3) is 6.15. The van der Waals surface area contributed by atoms with E-state index in [-0.39, 0.29) is 42.3 Å². The second kappa shape index (κ2) is 11.4. The summed E-state index contributed by atoms with van der Waals surface area (Å²) in [5, 5.41) is 12.7. The number of fused-ring (bicyclic) bond motifs is 1. The van der Waals surface area contributed by atoms with E-state index in [1.807, 2.05) is 45.0 Å². The summed E-state index contributed by atoms with van der Waals surface area (Å²) in [7, 11) is -2.21. The Bertz CT molecular complexity index is 1120. The van der Waals surface area contributed by atoms with Gasteiger partial charge in [-0.05, 0) is 43.5 Å². The number of urea groups is 1. The van der Waals surface area contributed by atoms with Gasteiger partial charge in [0.2, 0.25) is 10.0 Å². The number of rotatable bonds is 7. The summed E-state index contributed by atoms with van der Waals surface area (Å²) in [6.07, 6.45) is 0.375. The van der Waals surface area contributed by atoms with Crippen molar-refractivity contribution in [3.63, 3.8) is 0 Å². The van der Waals surface area contributed by atoms with Gasteiger partial charge in [-0.1, -0.05) is 49.7 Å². The maximum absolute atomic E-state index is 13.6. The van der Waals surface area contributed by atoms with Crippen molar-refractivity contribution in [1.29, 1.82) is 0 Å². The standard InChI is InChI=1S/C26H37N3O5S/c1-6-13-27-26(31)28(5)16-24-19(3)15-29(20(4)17-30)35(32,33)25-12-11-22(14-23(25)34-24)21-9-7-18(2)8-10-21/h7-12,14,19-20,24,30H,6,13,15-17H2,1-5H3,(H,27,31)/t19-,20+,24-/m1/s1. The van der Waals surface area contributed by atoms with Crippen LogP contribution in [0.1, 0.15) is 32.8 Å². The molecule has 1 heterocycles. The molecule has 0 fully saturated rings. The fourth-order valence-corrected chi connectivity index (χ4v) is 5.91. The molecule has 35 heavy (non-hydrogen) atoms. The largest absolute Gasteiger partial charge is 0.487 e. The molecular formula is C26H37N3O5S. The Labute approximate surface area is 208 Å². The highest BCUT2D eigenvalue weighted by atomic mass is 32.2. The highest BCUT2D eigenvalue weighted by molar-refractivity contribution is 7.89. The lowest BCUT2D eigenvalue weighted by atomic mass is 10.0. The first-order valence-electron chi connectivity index (χ1n) is 12.1. The van der Waals surface area contributed by atoms with Crippen LogP contribution in [0.5, 0.6) is 5.75 Å². The molecule has 9 heteroatoms. The Morgan fingerprint density at radius 2 is 1.89 bits per heavy atom. The molecule has 3 rings (SSSR count). The van der Waals surface area contributed by atoms with Crippen molar-refractivity contribution in [3.05, 3.63) is 48.0 Å². The van der Waals surface area contributed by atoms with Crippen LogP contribution >= 0.6 is 0 Å². The number of ether oxygens (including phenoxy) is 1. The third-order valence-corrected chi connectivity index (χ3v) is 8.40. The summed E-state index contributed by atoms with van der Waals surface area (Å²) in [5.74, 6) is 0.00788. The van der Waals surface area contributed by atoms with E-state index in [0.29, 0.717) is 6.54 Å². The highest BCUT2D eigenvalue weighted by Gasteiger charge is 2.38. The number of amides is 2. The van der Waals surface area contributed by atoms with Crippen molar-refractivity contribution < 1.29 is 23.1 Å². The van der Waals surface area contributed by atoms with Crippen LogP contribution in [0.15, 0.2) is 47.4 Å². The number of hydrogen-bond acceptors (Lipinski definition) is 5. The number of nitrogens with one attached hydrogen (secondary N) is 1. The van der Waals surface area contributed by atoms with Crippen LogP contribution in [0.25, 0.3) is 11.1 Å². The Hall–Kier alpha value is -2.62.